The summed E-state index contributed by atoms with van der Waals surface area (Å²) in [6.07, 6.45) is 5.14. The van der Waals surface area contributed by atoms with E-state index in [0.717, 1.165) is 5.65 Å². The maximum Gasteiger partial charge on any atom is 0.140 e. The molecule has 3 heteroatoms. The molecular weight excluding hydrogens is 128 g/mol. The first-order chi connectivity index (χ1) is 4.86. The lowest BCUT2D eigenvalue weighted by Crippen LogP contribution is -1.80. The highest BCUT2D eigenvalue weighted by Gasteiger charge is 1.94. The lowest BCUT2D eigenvalue weighted by molar-refractivity contribution is 0.476. The van der Waals surface area contributed by atoms with Crippen molar-refractivity contribution in [1.29, 1.82) is 0 Å². The fourth-order valence-electron chi connectivity index (χ4n) is 0.927. The van der Waals surface area contributed by atoms with E-state index in [2.05, 4.69) is 4.98 Å². The first kappa shape index (κ1) is 5.29. The second-order valence-electron chi connectivity index (χ2n) is 2.08. The van der Waals surface area contributed by atoms with Crippen LogP contribution in [-0.4, -0.2) is 14.5 Å². The lowest BCUT2D eigenvalue weighted by Gasteiger charge is -1.87. The van der Waals surface area contributed by atoms with Gasteiger partial charge in [-0.2, -0.15) is 0 Å². The van der Waals surface area contributed by atoms with Crippen LogP contribution in [-0.2, 0) is 0 Å². The minimum atomic E-state index is 0.249. The quantitative estimate of drug-likeness (QED) is 0.584. The number of nitrogens with zero attached hydrogens (tertiary/aromatic N) is 2. The standard InChI is InChI=1S/C7H6N2O/c10-6-4-7-8-2-1-3-9(7)5-6/h1-5,10H. The summed E-state index contributed by atoms with van der Waals surface area (Å²) >= 11 is 0. The van der Waals surface area contributed by atoms with Gasteiger partial charge in [-0.15, -0.1) is 0 Å². The molecule has 0 bridgehead atoms. The third-order valence-corrected chi connectivity index (χ3v) is 1.35. The number of hydrogen-bond acceptors (Lipinski definition) is 2. The van der Waals surface area contributed by atoms with Gasteiger partial charge in [0.1, 0.15) is 11.4 Å². The van der Waals surface area contributed by atoms with Crippen LogP contribution in [0.1, 0.15) is 0 Å². The summed E-state index contributed by atoms with van der Waals surface area (Å²) in [7, 11) is 0. The first-order valence-electron chi connectivity index (χ1n) is 2.98. The van der Waals surface area contributed by atoms with Crippen molar-refractivity contribution in [1.82, 2.24) is 9.38 Å². The second-order valence-corrected chi connectivity index (χ2v) is 2.08. The third-order valence-electron chi connectivity index (χ3n) is 1.35. The van der Waals surface area contributed by atoms with Gasteiger partial charge < -0.3 is 9.51 Å². The van der Waals surface area contributed by atoms with Crippen molar-refractivity contribution >= 4 is 5.65 Å². The minimum Gasteiger partial charge on any atom is -0.506 e. The number of rotatable bonds is 0. The predicted octanol–water partition coefficient (Wildman–Crippen LogP) is 1.04. The van der Waals surface area contributed by atoms with Gasteiger partial charge >= 0.3 is 0 Å². The van der Waals surface area contributed by atoms with E-state index in [9.17, 15) is 0 Å². The van der Waals surface area contributed by atoms with E-state index in [1.807, 2.05) is 12.3 Å². The highest BCUT2D eigenvalue weighted by molar-refractivity contribution is 5.44. The Hall–Kier alpha value is -1.51. The van der Waals surface area contributed by atoms with Gasteiger partial charge in [0.2, 0.25) is 0 Å². The Morgan fingerprint density at radius 1 is 1.50 bits per heavy atom. The van der Waals surface area contributed by atoms with Gasteiger partial charge in [-0.3, -0.25) is 0 Å². The molecule has 1 N–H and O–H groups in total. The fourth-order valence-corrected chi connectivity index (χ4v) is 0.927. The van der Waals surface area contributed by atoms with Gasteiger partial charge in [-0.25, -0.2) is 4.98 Å². The number of fused-ring (bicyclic) bond motifs is 1. The number of hydrogen-bond donors (Lipinski definition) is 1. The van der Waals surface area contributed by atoms with Crippen LogP contribution in [0.15, 0.2) is 30.7 Å². The Labute approximate surface area is 57.6 Å². The van der Waals surface area contributed by atoms with Crippen LogP contribution >= 0.6 is 0 Å². The van der Waals surface area contributed by atoms with Crippen molar-refractivity contribution in [3.63, 3.8) is 0 Å². The predicted molar refractivity (Wildman–Crippen MR) is 36.9 cm³/mol. The summed E-state index contributed by atoms with van der Waals surface area (Å²) in [4.78, 5) is 4.00. The summed E-state index contributed by atoms with van der Waals surface area (Å²) in [6, 6.07) is 3.42. The molecule has 3 nitrogen and oxygen atoms in total. The van der Waals surface area contributed by atoms with Gasteiger partial charge in [0.05, 0.1) is 6.20 Å². The Morgan fingerprint density at radius 3 is 3.20 bits per heavy atom. The van der Waals surface area contributed by atoms with Crippen molar-refractivity contribution < 1.29 is 5.11 Å². The molecule has 2 aromatic heterocycles. The highest BCUT2D eigenvalue weighted by Crippen LogP contribution is 2.11. The van der Waals surface area contributed by atoms with E-state index >= 15 is 0 Å². The maximum absolute atomic E-state index is 9.00. The Balaban J connectivity index is 2.88. The highest BCUT2D eigenvalue weighted by atomic mass is 16.3. The molecule has 0 saturated carbocycles. The Bertz CT molecular complexity index is 320. The van der Waals surface area contributed by atoms with Gasteiger partial charge in [-0.1, -0.05) is 0 Å². The van der Waals surface area contributed by atoms with Crippen molar-refractivity contribution in [3.05, 3.63) is 30.7 Å². The average molecular weight is 134 g/mol. The van der Waals surface area contributed by atoms with E-state index in [4.69, 9.17) is 5.11 Å². The molecule has 0 unspecified atom stereocenters. The van der Waals surface area contributed by atoms with Crippen LogP contribution in [0, 0.1) is 0 Å². The molecule has 0 atom stereocenters. The van der Waals surface area contributed by atoms with Crippen LogP contribution in [0.2, 0.25) is 0 Å². The molecule has 10 heavy (non-hydrogen) atoms. The molecule has 0 aliphatic carbocycles. The summed E-state index contributed by atoms with van der Waals surface area (Å²) in [5.74, 6) is 0.249. The lowest BCUT2D eigenvalue weighted by atomic mass is 10.6. The second kappa shape index (κ2) is 1.73. The molecule has 0 amide bonds. The van der Waals surface area contributed by atoms with Crippen LogP contribution in [0.5, 0.6) is 5.75 Å². The molecule has 2 heterocycles. The molecule has 0 aliphatic rings. The zero-order valence-corrected chi connectivity index (χ0v) is 5.23. The molecule has 0 aromatic carbocycles. The van der Waals surface area contributed by atoms with Crippen LogP contribution in [0.25, 0.3) is 5.65 Å². The molecule has 0 radical (unpaired) electrons. The minimum absolute atomic E-state index is 0.249. The van der Waals surface area contributed by atoms with E-state index in [1.165, 1.54) is 0 Å². The molecule has 50 valence electrons. The molecule has 2 rings (SSSR count). The van der Waals surface area contributed by atoms with Crippen molar-refractivity contribution in [2.45, 2.75) is 0 Å². The zero-order chi connectivity index (χ0) is 6.97. The summed E-state index contributed by atoms with van der Waals surface area (Å²) < 4.78 is 1.76. The monoisotopic (exact) mass is 134 g/mol. The normalized spacial score (nSPS) is 10.4. The third kappa shape index (κ3) is 0.639. The Kier molecular flexibility index (Phi) is 0.917. The fraction of sp³-hybridized carbons (Fsp3) is 0. The van der Waals surface area contributed by atoms with Gasteiger partial charge in [0.25, 0.3) is 0 Å². The molecule has 0 spiro atoms. The number of aromatic nitrogens is 2. The van der Waals surface area contributed by atoms with Crippen molar-refractivity contribution in [3.8, 4) is 5.75 Å². The van der Waals surface area contributed by atoms with E-state index in [1.54, 1.807) is 22.9 Å². The maximum atomic E-state index is 9.00. The first-order valence-corrected chi connectivity index (χ1v) is 2.98. The van der Waals surface area contributed by atoms with Crippen LogP contribution in [0.3, 0.4) is 0 Å². The van der Waals surface area contributed by atoms with Crippen molar-refractivity contribution in [2.24, 2.45) is 0 Å². The smallest absolute Gasteiger partial charge is 0.140 e. The largest absolute Gasteiger partial charge is 0.506 e. The van der Waals surface area contributed by atoms with Gasteiger partial charge in [0, 0.05) is 18.5 Å². The van der Waals surface area contributed by atoms with Crippen LogP contribution < -0.4 is 0 Å². The van der Waals surface area contributed by atoms with E-state index in [0.29, 0.717) is 0 Å². The molecule has 0 saturated heterocycles. The molecular formula is C7H6N2O. The molecule has 0 fully saturated rings. The van der Waals surface area contributed by atoms with Crippen LogP contribution in [0.4, 0.5) is 0 Å². The number of aromatic hydroxyl groups is 1. The average Bonchev–Trinajstić information content (AvgIpc) is 2.27. The van der Waals surface area contributed by atoms with Crippen molar-refractivity contribution in [2.75, 3.05) is 0 Å². The summed E-state index contributed by atoms with van der Waals surface area (Å²) in [5, 5.41) is 9.00. The Morgan fingerprint density at radius 2 is 2.40 bits per heavy atom. The molecule has 2 aromatic rings. The van der Waals surface area contributed by atoms with E-state index in [-0.39, 0.29) is 5.75 Å². The molecule has 0 aliphatic heterocycles. The van der Waals surface area contributed by atoms with Gasteiger partial charge in [0.15, 0.2) is 0 Å². The van der Waals surface area contributed by atoms with Gasteiger partial charge in [-0.05, 0) is 6.07 Å². The SMILES string of the molecule is Oc1cc2ncccn2c1. The van der Waals surface area contributed by atoms with E-state index < -0.39 is 0 Å². The summed E-state index contributed by atoms with van der Waals surface area (Å²) in [6.45, 7) is 0. The summed E-state index contributed by atoms with van der Waals surface area (Å²) in [5.41, 5.74) is 0.764. The zero-order valence-electron chi connectivity index (χ0n) is 5.23. The topological polar surface area (TPSA) is 37.5 Å².